The van der Waals surface area contributed by atoms with Crippen LogP contribution in [-0.2, 0) is 5.88 Å². The Hall–Kier alpha value is -3.91. The van der Waals surface area contributed by atoms with Crippen LogP contribution in [-0.4, -0.2) is 29.5 Å². The fourth-order valence-corrected chi connectivity index (χ4v) is 3.49. The van der Waals surface area contributed by atoms with E-state index in [0.717, 1.165) is 17.4 Å². The van der Waals surface area contributed by atoms with Crippen molar-refractivity contribution >= 4 is 28.6 Å². The van der Waals surface area contributed by atoms with Gasteiger partial charge in [-0.2, -0.15) is 4.39 Å². The fraction of sp³-hybridized carbons (Fsp3) is 0.125. The lowest BCUT2D eigenvalue weighted by molar-refractivity contribution is 0.577. The third-order valence-electron chi connectivity index (χ3n) is 4.82. The molecule has 5 rings (SSSR count). The Bertz CT molecular complexity index is 1380. The van der Waals surface area contributed by atoms with Crippen LogP contribution in [0.4, 0.5) is 10.2 Å². The highest BCUT2D eigenvalue weighted by Crippen LogP contribution is 2.31. The molecule has 0 saturated carbocycles. The molecule has 0 atom stereocenters. The second-order valence-corrected chi connectivity index (χ2v) is 7.04. The lowest BCUT2D eigenvalue weighted by Crippen LogP contribution is -2.02. The van der Waals surface area contributed by atoms with E-state index >= 15 is 0 Å². The molecular formula is C24H21ClFN7. The molecule has 1 aromatic carbocycles. The number of alkyl halides is 1. The van der Waals surface area contributed by atoms with Gasteiger partial charge in [-0.25, -0.2) is 24.9 Å². The van der Waals surface area contributed by atoms with Crippen LogP contribution in [0.5, 0.6) is 0 Å². The van der Waals surface area contributed by atoms with Crippen molar-refractivity contribution in [2.75, 3.05) is 5.73 Å². The Morgan fingerprint density at radius 1 is 0.909 bits per heavy atom. The summed E-state index contributed by atoms with van der Waals surface area (Å²) >= 11 is 5.95. The summed E-state index contributed by atoms with van der Waals surface area (Å²) in [6.45, 7) is 4.00. The second-order valence-electron chi connectivity index (χ2n) is 6.77. The summed E-state index contributed by atoms with van der Waals surface area (Å²) in [6.07, 6.45) is 4.04. The molecule has 33 heavy (non-hydrogen) atoms. The maximum Gasteiger partial charge on any atom is 0.231 e. The SMILES string of the molecule is CC.Nc1ncccc1-c1nc2ccc(-c3cnc(F)cn3)nc2n1-c1ccc(CCl)cc1. The Morgan fingerprint density at radius 3 is 2.36 bits per heavy atom. The van der Waals surface area contributed by atoms with Gasteiger partial charge in [0.2, 0.25) is 5.95 Å². The van der Waals surface area contributed by atoms with Crippen LogP contribution in [0.3, 0.4) is 0 Å². The number of halogens is 2. The van der Waals surface area contributed by atoms with Crippen molar-refractivity contribution in [3.8, 4) is 28.5 Å². The number of fused-ring (bicyclic) bond motifs is 1. The van der Waals surface area contributed by atoms with Crippen molar-refractivity contribution in [1.82, 2.24) is 29.5 Å². The first-order chi connectivity index (χ1) is 16.1. The zero-order chi connectivity index (χ0) is 23.4. The summed E-state index contributed by atoms with van der Waals surface area (Å²) in [4.78, 5) is 21.5. The molecule has 0 aliphatic heterocycles. The van der Waals surface area contributed by atoms with Crippen molar-refractivity contribution in [3.05, 3.63) is 78.6 Å². The van der Waals surface area contributed by atoms with Gasteiger partial charge >= 0.3 is 0 Å². The van der Waals surface area contributed by atoms with Gasteiger partial charge in [-0.05, 0) is 42.0 Å². The Labute approximate surface area is 195 Å². The van der Waals surface area contributed by atoms with Crippen LogP contribution >= 0.6 is 11.6 Å². The van der Waals surface area contributed by atoms with E-state index in [9.17, 15) is 4.39 Å². The van der Waals surface area contributed by atoms with Crippen LogP contribution in [0.25, 0.3) is 39.6 Å². The monoisotopic (exact) mass is 461 g/mol. The number of anilines is 1. The maximum atomic E-state index is 13.2. The maximum absolute atomic E-state index is 13.2. The zero-order valence-electron chi connectivity index (χ0n) is 18.1. The van der Waals surface area contributed by atoms with Gasteiger partial charge in [-0.1, -0.05) is 26.0 Å². The number of nitrogens with zero attached hydrogens (tertiary/aromatic N) is 6. The number of hydrogen-bond acceptors (Lipinski definition) is 6. The molecule has 0 aliphatic rings. The molecule has 0 aliphatic carbocycles. The predicted molar refractivity (Wildman–Crippen MR) is 128 cm³/mol. The van der Waals surface area contributed by atoms with Gasteiger partial charge in [0.15, 0.2) is 11.5 Å². The van der Waals surface area contributed by atoms with Crippen molar-refractivity contribution in [2.24, 2.45) is 0 Å². The number of nitrogen functional groups attached to an aromatic ring is 1. The van der Waals surface area contributed by atoms with Crippen LogP contribution in [0.1, 0.15) is 19.4 Å². The highest BCUT2D eigenvalue weighted by atomic mass is 35.5. The highest BCUT2D eigenvalue weighted by Gasteiger charge is 2.19. The number of aromatic nitrogens is 6. The third-order valence-corrected chi connectivity index (χ3v) is 5.12. The summed E-state index contributed by atoms with van der Waals surface area (Å²) in [5.74, 6) is 0.734. The minimum atomic E-state index is -0.649. The minimum Gasteiger partial charge on any atom is -0.383 e. The molecule has 4 heterocycles. The molecule has 0 fully saturated rings. The molecule has 0 saturated heterocycles. The van der Waals surface area contributed by atoms with Gasteiger partial charge in [0.25, 0.3) is 0 Å². The van der Waals surface area contributed by atoms with Crippen LogP contribution in [0, 0.1) is 5.95 Å². The van der Waals surface area contributed by atoms with Crippen molar-refractivity contribution in [3.63, 3.8) is 0 Å². The molecule has 5 aromatic rings. The molecule has 0 radical (unpaired) electrons. The van der Waals surface area contributed by atoms with Crippen LogP contribution < -0.4 is 5.73 Å². The second kappa shape index (κ2) is 9.70. The van der Waals surface area contributed by atoms with Gasteiger partial charge in [0.05, 0.1) is 23.7 Å². The standard InChI is InChI=1S/C22H15ClFN7.C2H6/c23-10-13-3-5-14(6-4-13)31-21(15-2-1-9-26-20(15)25)30-17-8-7-16(29-22(17)31)18-11-28-19(24)12-27-18;1-2/h1-9,11-12H,10H2,(H2,25,26);1-2H3. The smallest absolute Gasteiger partial charge is 0.231 e. The molecular weight excluding hydrogens is 441 g/mol. The van der Waals surface area contributed by atoms with Crippen molar-refractivity contribution in [1.29, 1.82) is 0 Å². The normalized spacial score (nSPS) is 10.7. The predicted octanol–water partition coefficient (Wildman–Crippen LogP) is 5.43. The quantitative estimate of drug-likeness (QED) is 0.359. The van der Waals surface area contributed by atoms with E-state index in [1.807, 2.05) is 54.8 Å². The Balaban J connectivity index is 0.00000126. The molecule has 0 amide bonds. The van der Waals surface area contributed by atoms with Crippen LogP contribution in [0.2, 0.25) is 0 Å². The Kier molecular flexibility index (Phi) is 6.55. The summed E-state index contributed by atoms with van der Waals surface area (Å²) in [5.41, 5.74) is 10.9. The first kappa shape index (κ1) is 22.3. The fourth-order valence-electron chi connectivity index (χ4n) is 3.31. The largest absolute Gasteiger partial charge is 0.383 e. The molecule has 4 aromatic heterocycles. The molecule has 7 nitrogen and oxygen atoms in total. The summed E-state index contributed by atoms with van der Waals surface area (Å²) in [5, 5.41) is 0. The molecule has 0 unspecified atom stereocenters. The van der Waals surface area contributed by atoms with Crippen molar-refractivity contribution < 1.29 is 4.39 Å². The van der Waals surface area contributed by atoms with Gasteiger partial charge in [0, 0.05) is 17.8 Å². The lowest BCUT2D eigenvalue weighted by Gasteiger charge is -2.11. The molecule has 0 spiro atoms. The Morgan fingerprint density at radius 2 is 1.70 bits per heavy atom. The number of rotatable bonds is 4. The average Bonchev–Trinajstić information content (AvgIpc) is 3.24. The minimum absolute atomic E-state index is 0.362. The van der Waals surface area contributed by atoms with Gasteiger partial charge < -0.3 is 5.73 Å². The van der Waals surface area contributed by atoms with E-state index in [1.165, 1.54) is 6.20 Å². The zero-order valence-corrected chi connectivity index (χ0v) is 18.8. The van der Waals surface area contributed by atoms with Gasteiger partial charge in [-0.15, -0.1) is 11.6 Å². The molecule has 166 valence electrons. The molecule has 9 heteroatoms. The van der Waals surface area contributed by atoms with E-state index in [0.29, 0.717) is 45.6 Å². The van der Waals surface area contributed by atoms with E-state index in [-0.39, 0.29) is 0 Å². The summed E-state index contributed by atoms with van der Waals surface area (Å²) in [6, 6.07) is 15.1. The average molecular weight is 462 g/mol. The first-order valence-corrected chi connectivity index (χ1v) is 10.9. The van der Waals surface area contributed by atoms with Crippen molar-refractivity contribution in [2.45, 2.75) is 19.7 Å². The first-order valence-electron chi connectivity index (χ1n) is 10.4. The van der Waals surface area contributed by atoms with Crippen LogP contribution in [0.15, 0.2) is 67.1 Å². The van der Waals surface area contributed by atoms with Gasteiger partial charge in [0.1, 0.15) is 17.0 Å². The number of hydrogen-bond donors (Lipinski definition) is 1. The van der Waals surface area contributed by atoms with E-state index in [4.69, 9.17) is 27.3 Å². The number of nitrogens with two attached hydrogens (primary N) is 1. The topological polar surface area (TPSA) is 95.4 Å². The molecule has 0 bridgehead atoms. The lowest BCUT2D eigenvalue weighted by atomic mass is 10.2. The van der Waals surface area contributed by atoms with E-state index in [1.54, 1.807) is 18.3 Å². The number of benzene rings is 1. The van der Waals surface area contributed by atoms with Gasteiger partial charge in [-0.3, -0.25) is 4.57 Å². The third kappa shape index (κ3) is 4.38. The number of imidazole rings is 1. The molecule has 2 N–H and O–H groups in total. The number of pyridine rings is 2. The summed E-state index contributed by atoms with van der Waals surface area (Å²) in [7, 11) is 0. The summed E-state index contributed by atoms with van der Waals surface area (Å²) < 4.78 is 15.1. The van der Waals surface area contributed by atoms with E-state index in [2.05, 4.69) is 15.0 Å². The highest BCUT2D eigenvalue weighted by molar-refractivity contribution is 6.17. The van der Waals surface area contributed by atoms with E-state index < -0.39 is 5.95 Å².